The third-order valence-electron chi connectivity index (χ3n) is 5.49. The molecular weight excluding hydrogens is 419 g/mol. The van der Waals surface area contributed by atoms with Crippen molar-refractivity contribution in [3.63, 3.8) is 0 Å². The maximum Gasteiger partial charge on any atom is 0.237 e. The van der Waals surface area contributed by atoms with Crippen LogP contribution in [0.15, 0.2) is 90.2 Å². The van der Waals surface area contributed by atoms with E-state index in [1.54, 1.807) is 42.7 Å². The molecule has 1 aromatic heterocycles. The number of benzene rings is 2. The number of aromatic nitrogens is 1. The Balaban J connectivity index is 1.47. The Kier molecular flexibility index (Phi) is 5.36. The van der Waals surface area contributed by atoms with E-state index in [0.717, 1.165) is 16.7 Å². The van der Waals surface area contributed by atoms with Crippen LogP contribution in [-0.2, 0) is 16.0 Å². The summed E-state index contributed by atoms with van der Waals surface area (Å²) in [5.41, 5.74) is 4.49. The largest absolute Gasteiger partial charge is 0.332 e. The van der Waals surface area contributed by atoms with Crippen LogP contribution in [0.25, 0.3) is 11.3 Å². The summed E-state index contributed by atoms with van der Waals surface area (Å²) in [6.07, 6.45) is 5.08. The molecule has 2 N–H and O–H groups in total. The van der Waals surface area contributed by atoms with Gasteiger partial charge in [0.15, 0.2) is 0 Å². The van der Waals surface area contributed by atoms with Gasteiger partial charge in [0.05, 0.1) is 17.8 Å². The summed E-state index contributed by atoms with van der Waals surface area (Å²) in [6, 6.07) is 19.0. The Labute approximate surface area is 189 Å². The van der Waals surface area contributed by atoms with E-state index in [1.807, 2.05) is 30.3 Å². The smallest absolute Gasteiger partial charge is 0.237 e. The molecule has 2 aliphatic rings. The number of nitrogens with zero attached hydrogens (tertiary/aromatic N) is 2. The molecule has 33 heavy (non-hydrogen) atoms. The first kappa shape index (κ1) is 20.5. The number of carbonyl (C=O) groups is 2. The highest BCUT2D eigenvalue weighted by molar-refractivity contribution is 6.27. The highest BCUT2D eigenvalue weighted by Crippen LogP contribution is 2.41. The molecule has 3 aromatic rings. The second kappa shape index (κ2) is 8.63. The number of halogens is 1. The van der Waals surface area contributed by atoms with Crippen molar-refractivity contribution in [3.8, 4) is 0 Å². The lowest BCUT2D eigenvalue weighted by Crippen LogP contribution is -2.34. The van der Waals surface area contributed by atoms with Crippen LogP contribution in [0.3, 0.4) is 0 Å². The second-order valence-electron chi connectivity index (χ2n) is 7.72. The molecule has 0 fully saturated rings. The maximum atomic E-state index is 13.1. The van der Waals surface area contributed by atoms with Crippen molar-refractivity contribution in [3.05, 3.63) is 108 Å². The van der Waals surface area contributed by atoms with Crippen molar-refractivity contribution < 1.29 is 14.0 Å². The average molecular weight is 438 g/mol. The minimum atomic E-state index is -0.503. The van der Waals surface area contributed by atoms with Crippen LogP contribution in [0.1, 0.15) is 16.7 Å². The molecule has 6 nitrogen and oxygen atoms in total. The molecule has 0 saturated heterocycles. The highest BCUT2D eigenvalue weighted by Gasteiger charge is 2.37. The highest BCUT2D eigenvalue weighted by atomic mass is 19.1. The predicted molar refractivity (Wildman–Crippen MR) is 124 cm³/mol. The lowest BCUT2D eigenvalue weighted by molar-refractivity contribution is -0.120. The van der Waals surface area contributed by atoms with Gasteiger partial charge < -0.3 is 10.6 Å². The molecule has 0 bridgehead atoms. The van der Waals surface area contributed by atoms with Crippen LogP contribution in [0.4, 0.5) is 10.2 Å². The van der Waals surface area contributed by atoms with Crippen LogP contribution >= 0.6 is 0 Å². The van der Waals surface area contributed by atoms with Gasteiger partial charge in [-0.25, -0.2) is 9.37 Å². The third kappa shape index (κ3) is 4.21. The fraction of sp³-hybridized carbons (Fsp3) is 0.0769. The molecule has 0 spiro atoms. The van der Waals surface area contributed by atoms with Crippen molar-refractivity contribution in [1.82, 2.24) is 10.3 Å². The van der Waals surface area contributed by atoms with E-state index in [1.165, 1.54) is 12.1 Å². The number of carbonyl (C=O) groups excluding carboxylic acids is 2. The molecule has 2 aromatic carbocycles. The zero-order chi connectivity index (χ0) is 22.8. The number of hydrogen-bond acceptors (Lipinski definition) is 4. The number of rotatable bonds is 5. The van der Waals surface area contributed by atoms with Gasteiger partial charge in [-0.1, -0.05) is 42.5 Å². The zero-order valence-corrected chi connectivity index (χ0v) is 17.5. The van der Waals surface area contributed by atoms with Crippen molar-refractivity contribution in [1.29, 1.82) is 0 Å². The molecule has 162 valence electrons. The number of fused-ring (bicyclic) bond motifs is 1. The first-order valence-corrected chi connectivity index (χ1v) is 10.4. The number of allylic oxidation sites excluding steroid dienone is 1. The average Bonchev–Trinajstić information content (AvgIpc) is 3.22. The van der Waals surface area contributed by atoms with Gasteiger partial charge in [0.2, 0.25) is 11.8 Å². The number of amides is 2. The molecular formula is C26H19FN4O2. The minimum absolute atomic E-state index is 0.0967. The molecule has 7 heteroatoms. The Morgan fingerprint density at radius 2 is 1.82 bits per heavy atom. The summed E-state index contributed by atoms with van der Waals surface area (Å²) in [7, 11) is 0. The molecule has 3 heterocycles. The van der Waals surface area contributed by atoms with Crippen molar-refractivity contribution >= 4 is 34.6 Å². The Bertz CT molecular complexity index is 1330. The summed E-state index contributed by atoms with van der Waals surface area (Å²) in [5.74, 6) is -0.880. The first-order chi connectivity index (χ1) is 16.1. The normalized spacial score (nSPS) is 16.8. The lowest BCUT2D eigenvalue weighted by Gasteiger charge is -2.18. The van der Waals surface area contributed by atoms with Gasteiger partial charge in [0, 0.05) is 23.5 Å². The molecule has 2 amide bonds. The molecule has 0 radical (unpaired) electrons. The van der Waals surface area contributed by atoms with Crippen LogP contribution < -0.4 is 10.6 Å². The van der Waals surface area contributed by atoms with Gasteiger partial charge in [0.25, 0.3) is 0 Å². The summed E-state index contributed by atoms with van der Waals surface area (Å²) in [4.78, 5) is 34.2. The van der Waals surface area contributed by atoms with Gasteiger partial charge in [0.1, 0.15) is 17.6 Å². The van der Waals surface area contributed by atoms with E-state index >= 15 is 0 Å². The topological polar surface area (TPSA) is 83.5 Å². The van der Waals surface area contributed by atoms with Gasteiger partial charge in [-0.05, 0) is 41.5 Å². The van der Waals surface area contributed by atoms with E-state index in [9.17, 15) is 14.0 Å². The fourth-order valence-electron chi connectivity index (χ4n) is 3.99. The Hall–Kier alpha value is -4.39. The number of nitrogens with one attached hydrogen (secondary N) is 2. The molecule has 1 atom stereocenters. The number of pyridine rings is 1. The van der Waals surface area contributed by atoms with E-state index in [-0.39, 0.29) is 24.1 Å². The monoisotopic (exact) mass is 438 g/mol. The molecule has 2 aliphatic heterocycles. The van der Waals surface area contributed by atoms with Crippen molar-refractivity contribution in [2.45, 2.75) is 6.42 Å². The van der Waals surface area contributed by atoms with Crippen LogP contribution in [-0.4, -0.2) is 22.5 Å². The predicted octanol–water partition coefficient (Wildman–Crippen LogP) is 3.98. The molecule has 1 unspecified atom stereocenters. The van der Waals surface area contributed by atoms with E-state index in [2.05, 4.69) is 15.6 Å². The first-order valence-electron chi connectivity index (χ1n) is 10.4. The summed E-state index contributed by atoms with van der Waals surface area (Å²) >= 11 is 0. The van der Waals surface area contributed by atoms with Crippen molar-refractivity contribution in [2.24, 2.45) is 10.9 Å². The Morgan fingerprint density at radius 3 is 2.61 bits per heavy atom. The zero-order valence-electron chi connectivity index (χ0n) is 17.5. The summed E-state index contributed by atoms with van der Waals surface area (Å²) in [6.45, 7) is 0. The van der Waals surface area contributed by atoms with Crippen LogP contribution in [0, 0.1) is 11.7 Å². The quantitative estimate of drug-likeness (QED) is 0.632. The number of hydrogen-bond donors (Lipinski definition) is 2. The third-order valence-corrected chi connectivity index (χ3v) is 5.49. The fourth-order valence-corrected chi connectivity index (χ4v) is 3.99. The van der Waals surface area contributed by atoms with Gasteiger partial charge in [-0.3, -0.25) is 14.6 Å². The number of aliphatic imine (C=N–C) groups is 1. The van der Waals surface area contributed by atoms with Crippen LogP contribution in [0.5, 0.6) is 0 Å². The van der Waals surface area contributed by atoms with Crippen molar-refractivity contribution in [2.75, 3.05) is 5.32 Å². The van der Waals surface area contributed by atoms with E-state index in [0.29, 0.717) is 22.8 Å². The summed E-state index contributed by atoms with van der Waals surface area (Å²) in [5, 5.41) is 5.55. The van der Waals surface area contributed by atoms with E-state index in [4.69, 9.17) is 4.99 Å². The minimum Gasteiger partial charge on any atom is -0.332 e. The van der Waals surface area contributed by atoms with E-state index < -0.39 is 5.92 Å². The molecule has 0 saturated carbocycles. The maximum absolute atomic E-state index is 13.1. The molecule has 5 rings (SSSR count). The standard InChI is InChI=1S/C26H19FN4O2/c27-19-8-6-16(7-9-19)14-22(32)31-21-15-18(10-12-28-21)25-23(17-4-2-1-3-5-17)24-20(30-25)11-13-29-26(24)33/h1-13,15,24H,14H2,(H,29,33)(H,28,31,32). The Morgan fingerprint density at radius 1 is 1.03 bits per heavy atom. The summed E-state index contributed by atoms with van der Waals surface area (Å²) < 4.78 is 13.1. The second-order valence-corrected chi connectivity index (χ2v) is 7.72. The van der Waals surface area contributed by atoms with Gasteiger partial charge >= 0.3 is 0 Å². The number of anilines is 1. The SMILES string of the molecule is O=C(Cc1ccc(F)cc1)Nc1cc(C2=C(c3ccccc3)C3C(=O)NC=CC3=N2)ccn1. The van der Waals surface area contributed by atoms with Gasteiger partial charge in [-0.2, -0.15) is 0 Å². The van der Waals surface area contributed by atoms with Gasteiger partial charge in [-0.15, -0.1) is 0 Å². The van der Waals surface area contributed by atoms with Crippen LogP contribution in [0.2, 0.25) is 0 Å². The molecule has 0 aliphatic carbocycles. The lowest BCUT2D eigenvalue weighted by atomic mass is 9.86.